The van der Waals surface area contributed by atoms with Gasteiger partial charge in [-0.3, -0.25) is 9.69 Å². The maximum Gasteiger partial charge on any atom is 0.322 e. The molecule has 0 saturated heterocycles. The smallest absolute Gasteiger partial charge is 0.322 e. The van der Waals surface area contributed by atoms with E-state index >= 15 is 0 Å². The second-order valence-corrected chi connectivity index (χ2v) is 10.3. The average molecular weight is 567 g/mol. The molecule has 4 aromatic rings. The van der Waals surface area contributed by atoms with Gasteiger partial charge in [0.2, 0.25) is 5.91 Å². The van der Waals surface area contributed by atoms with Crippen molar-refractivity contribution in [3.8, 4) is 17.2 Å². The van der Waals surface area contributed by atoms with Crippen molar-refractivity contribution in [3.05, 3.63) is 102 Å². The highest BCUT2D eigenvalue weighted by Gasteiger charge is 2.38. The number of unbranched alkanes of at least 4 members (excludes halogenated alkanes) is 1. The third-order valence-corrected chi connectivity index (χ3v) is 7.75. The van der Waals surface area contributed by atoms with Gasteiger partial charge in [-0.1, -0.05) is 50.6 Å². The summed E-state index contributed by atoms with van der Waals surface area (Å²) in [5.41, 5.74) is 5.16. The first-order chi connectivity index (χ1) is 20.5. The molecular weight excluding hydrogens is 528 g/mol. The molecule has 1 aliphatic rings. The number of anilines is 2. The van der Waals surface area contributed by atoms with E-state index in [4.69, 9.17) is 9.47 Å². The van der Waals surface area contributed by atoms with Crippen molar-refractivity contribution in [2.24, 2.45) is 0 Å². The highest BCUT2D eigenvalue weighted by Crippen LogP contribution is 2.45. The number of aromatic nitrogens is 1. The van der Waals surface area contributed by atoms with Crippen molar-refractivity contribution in [1.82, 2.24) is 9.47 Å². The molecule has 1 atom stereocenters. The molecular formula is C34H38N4O4. The first-order valence-corrected chi connectivity index (χ1v) is 14.4. The lowest BCUT2D eigenvalue weighted by molar-refractivity contribution is -0.119. The highest BCUT2D eigenvalue weighted by atomic mass is 16.5. The third kappa shape index (κ3) is 5.57. The molecule has 0 aliphatic carbocycles. The van der Waals surface area contributed by atoms with Crippen LogP contribution in [-0.2, 0) is 11.2 Å². The van der Waals surface area contributed by atoms with Crippen LogP contribution in [0.5, 0.6) is 11.5 Å². The number of urea groups is 1. The molecule has 0 spiro atoms. The minimum atomic E-state index is -0.510. The van der Waals surface area contributed by atoms with Crippen molar-refractivity contribution in [2.75, 3.05) is 37.5 Å². The number of aryl methyl sites for hydroxylation is 1. The Hall–Kier alpha value is -4.72. The van der Waals surface area contributed by atoms with Gasteiger partial charge in [0.25, 0.3) is 0 Å². The summed E-state index contributed by atoms with van der Waals surface area (Å²) in [6.45, 7) is 4.50. The molecule has 5 rings (SSSR count). The summed E-state index contributed by atoms with van der Waals surface area (Å²) < 4.78 is 13.5. The number of hydrogen-bond donors (Lipinski definition) is 1. The second kappa shape index (κ2) is 12.9. The molecule has 0 saturated carbocycles. The van der Waals surface area contributed by atoms with Crippen molar-refractivity contribution in [3.63, 3.8) is 0 Å². The number of nitrogens with one attached hydrogen (secondary N) is 1. The summed E-state index contributed by atoms with van der Waals surface area (Å²) in [5.74, 6) is 1.11. The maximum atomic E-state index is 14.5. The van der Waals surface area contributed by atoms with Crippen molar-refractivity contribution in [2.45, 2.75) is 39.2 Å². The zero-order valence-electron chi connectivity index (χ0n) is 24.7. The summed E-state index contributed by atoms with van der Waals surface area (Å²) in [5, 5.41) is 3.06. The number of ether oxygens (including phenoxy) is 2. The van der Waals surface area contributed by atoms with Gasteiger partial charge in [-0.05, 0) is 66.9 Å². The molecule has 0 radical (unpaired) electrons. The predicted octanol–water partition coefficient (Wildman–Crippen LogP) is 6.83. The van der Waals surface area contributed by atoms with E-state index in [1.807, 2.05) is 85.1 Å². The summed E-state index contributed by atoms with van der Waals surface area (Å²) in [7, 11) is 3.24. The molecule has 1 unspecified atom stereocenters. The van der Waals surface area contributed by atoms with E-state index in [1.54, 1.807) is 24.0 Å². The van der Waals surface area contributed by atoms with Gasteiger partial charge in [0.1, 0.15) is 24.1 Å². The van der Waals surface area contributed by atoms with Crippen LogP contribution in [0.1, 0.15) is 49.6 Å². The van der Waals surface area contributed by atoms with Crippen LogP contribution in [0.25, 0.3) is 5.69 Å². The van der Waals surface area contributed by atoms with Gasteiger partial charge in [0.05, 0.1) is 31.3 Å². The van der Waals surface area contributed by atoms with Crippen LogP contribution in [0.15, 0.2) is 85.1 Å². The molecule has 1 aromatic heterocycles. The molecule has 8 nitrogen and oxygen atoms in total. The summed E-state index contributed by atoms with van der Waals surface area (Å²) in [6.07, 6.45) is 4.47. The number of methoxy groups -OCH3 is 2. The number of hydrogen-bond acceptors (Lipinski definition) is 4. The summed E-state index contributed by atoms with van der Waals surface area (Å²) >= 11 is 0. The topological polar surface area (TPSA) is 76.0 Å². The Labute approximate surface area is 247 Å². The average Bonchev–Trinajstić information content (AvgIpc) is 3.52. The van der Waals surface area contributed by atoms with Gasteiger partial charge < -0.3 is 24.3 Å². The Morgan fingerprint density at radius 2 is 1.67 bits per heavy atom. The number of nitrogens with zero attached hydrogens (tertiary/aromatic N) is 3. The minimum Gasteiger partial charge on any atom is -0.497 e. The Morgan fingerprint density at radius 3 is 2.40 bits per heavy atom. The Bertz CT molecular complexity index is 1560. The first-order valence-electron chi connectivity index (χ1n) is 14.4. The molecule has 3 aromatic carbocycles. The Kier molecular flexibility index (Phi) is 8.81. The fourth-order valence-electron chi connectivity index (χ4n) is 5.59. The van der Waals surface area contributed by atoms with Gasteiger partial charge >= 0.3 is 6.03 Å². The fourth-order valence-corrected chi connectivity index (χ4v) is 5.59. The van der Waals surface area contributed by atoms with E-state index in [9.17, 15) is 9.59 Å². The number of rotatable bonds is 10. The van der Waals surface area contributed by atoms with Crippen molar-refractivity contribution in [1.29, 1.82) is 0 Å². The number of benzene rings is 3. The molecule has 8 heteroatoms. The van der Waals surface area contributed by atoms with Crippen LogP contribution < -0.4 is 19.7 Å². The van der Waals surface area contributed by atoms with Gasteiger partial charge in [0.15, 0.2) is 0 Å². The second-order valence-electron chi connectivity index (χ2n) is 10.3. The molecule has 2 heterocycles. The van der Waals surface area contributed by atoms with E-state index in [2.05, 4.69) is 23.7 Å². The third-order valence-electron chi connectivity index (χ3n) is 7.75. The Morgan fingerprint density at radius 1 is 0.905 bits per heavy atom. The van der Waals surface area contributed by atoms with E-state index in [-0.39, 0.29) is 18.5 Å². The van der Waals surface area contributed by atoms with Gasteiger partial charge in [0, 0.05) is 24.0 Å². The fraction of sp³-hybridized carbons (Fsp3) is 0.294. The predicted molar refractivity (Wildman–Crippen MR) is 166 cm³/mol. The van der Waals surface area contributed by atoms with Gasteiger partial charge in [-0.2, -0.15) is 0 Å². The van der Waals surface area contributed by atoms with E-state index in [0.29, 0.717) is 18.0 Å². The van der Waals surface area contributed by atoms with Crippen molar-refractivity contribution < 1.29 is 19.1 Å². The normalized spacial score (nSPS) is 13.6. The van der Waals surface area contributed by atoms with Crippen LogP contribution in [0.3, 0.4) is 0 Å². The number of carbonyl (C=O) groups is 2. The molecule has 1 N–H and O–H groups in total. The van der Waals surface area contributed by atoms with Gasteiger partial charge in [-0.25, -0.2) is 4.79 Å². The Balaban J connectivity index is 1.56. The molecule has 1 aliphatic heterocycles. The lowest BCUT2D eigenvalue weighted by Crippen LogP contribution is -2.48. The maximum absolute atomic E-state index is 14.5. The molecule has 0 bridgehead atoms. The lowest BCUT2D eigenvalue weighted by Gasteiger charge is -2.40. The van der Waals surface area contributed by atoms with Crippen molar-refractivity contribution >= 4 is 23.3 Å². The van der Waals surface area contributed by atoms with Crippen LogP contribution in [0.2, 0.25) is 0 Å². The highest BCUT2D eigenvalue weighted by molar-refractivity contribution is 6.01. The van der Waals surface area contributed by atoms with Crippen LogP contribution in [0.4, 0.5) is 16.2 Å². The SMILES string of the molecule is CCCCN(CC(=O)N1c2ccccc2-n2cccc2C1c1cc(OC)ccc1OC)C(=O)Nc1ccccc1CC. The van der Waals surface area contributed by atoms with Crippen LogP contribution in [-0.4, -0.2) is 48.7 Å². The van der Waals surface area contributed by atoms with Crippen LogP contribution >= 0.6 is 0 Å². The number of carbonyl (C=O) groups excluding carboxylic acids is 2. The molecule has 3 amide bonds. The molecule has 218 valence electrons. The quantitative estimate of drug-likeness (QED) is 0.228. The van der Waals surface area contributed by atoms with E-state index in [0.717, 1.165) is 53.1 Å². The standard InChI is InChI=1S/C34H38N4O4/c1-5-7-20-36(34(40)35-27-14-9-8-13-24(27)6-2)23-32(39)38-29-16-11-10-15-28(29)37-21-12-17-30(37)33(38)26-22-25(41-3)18-19-31(26)42-4/h8-19,21-22,33H,5-7,20,23H2,1-4H3,(H,35,40). The lowest BCUT2D eigenvalue weighted by atomic mass is 9.96. The van der Waals surface area contributed by atoms with E-state index < -0.39 is 6.04 Å². The summed E-state index contributed by atoms with van der Waals surface area (Å²) in [6, 6.07) is 24.4. The molecule has 42 heavy (non-hydrogen) atoms. The zero-order valence-corrected chi connectivity index (χ0v) is 24.7. The minimum absolute atomic E-state index is 0.0854. The number of para-hydroxylation sites is 3. The number of fused-ring (bicyclic) bond motifs is 3. The summed E-state index contributed by atoms with van der Waals surface area (Å²) in [4.78, 5) is 31.6. The van der Waals surface area contributed by atoms with Crippen LogP contribution in [0, 0.1) is 0 Å². The van der Waals surface area contributed by atoms with Gasteiger partial charge in [-0.15, -0.1) is 0 Å². The zero-order chi connectivity index (χ0) is 29.6. The monoisotopic (exact) mass is 566 g/mol. The number of amides is 3. The largest absolute Gasteiger partial charge is 0.497 e. The van der Waals surface area contributed by atoms with E-state index in [1.165, 1.54) is 0 Å². The first kappa shape index (κ1) is 28.8. The molecule has 0 fully saturated rings.